The molecule has 0 heterocycles. The number of rotatable bonds is 10. The Morgan fingerprint density at radius 2 is 1.75 bits per heavy atom. The largest absolute Gasteiger partial charge is 0.493 e. The van der Waals surface area contributed by atoms with Crippen molar-refractivity contribution in [1.29, 1.82) is 0 Å². The molecule has 1 atom stereocenters. The maximum absolute atomic E-state index is 12.9. The molecule has 0 bridgehead atoms. The topological polar surface area (TPSA) is 92.8 Å². The summed E-state index contributed by atoms with van der Waals surface area (Å²) in [6, 6.07) is 12.9. The van der Waals surface area contributed by atoms with Crippen molar-refractivity contribution in [3.63, 3.8) is 0 Å². The third-order valence-corrected chi connectivity index (χ3v) is 6.16. The van der Waals surface area contributed by atoms with Gasteiger partial charge in [-0.1, -0.05) is 37.6 Å². The number of sulfone groups is 1. The van der Waals surface area contributed by atoms with E-state index < -0.39 is 15.9 Å². The molecular weight excluding hydrogens is 428 g/mol. The fourth-order valence-corrected chi connectivity index (χ4v) is 3.73. The monoisotopic (exact) mass is 460 g/mol. The van der Waals surface area contributed by atoms with E-state index in [2.05, 4.69) is 5.32 Å². The minimum atomic E-state index is -3.30. The minimum absolute atomic E-state index is 0.0747. The van der Waals surface area contributed by atoms with Crippen molar-refractivity contribution >= 4 is 21.7 Å². The van der Waals surface area contributed by atoms with E-state index >= 15 is 0 Å². The van der Waals surface area contributed by atoms with E-state index in [-0.39, 0.29) is 22.6 Å². The first kappa shape index (κ1) is 25.4. The highest BCUT2D eigenvalue weighted by Crippen LogP contribution is 2.17. The lowest BCUT2D eigenvalue weighted by Gasteiger charge is -2.27. The molecule has 0 fully saturated rings. The molecule has 2 amide bonds. The molecule has 1 unspecified atom stereocenters. The van der Waals surface area contributed by atoms with E-state index in [0.29, 0.717) is 30.9 Å². The Balaban J connectivity index is 1.89. The average Bonchev–Trinajstić information content (AvgIpc) is 2.74. The normalized spacial score (nSPS) is 12.3. The maximum Gasteiger partial charge on any atom is 0.251 e. The quantitative estimate of drug-likeness (QED) is 0.550. The minimum Gasteiger partial charge on any atom is -0.493 e. The molecule has 2 aromatic carbocycles. The highest BCUT2D eigenvalue weighted by molar-refractivity contribution is 7.90. The number of aryl methyl sites for hydroxylation is 1. The van der Waals surface area contributed by atoms with Gasteiger partial charge in [-0.15, -0.1) is 0 Å². The highest BCUT2D eigenvalue weighted by atomic mass is 32.2. The standard InChI is InChI=1S/C24H32N2O5S/c1-17(2)22(25-23(27)19-12-10-18(3)11-13-19)24(28)26(4)14-7-15-31-20-8-6-9-21(16-20)32(5,29)30/h6,8-13,16-17,22H,7,14-15H2,1-5H3,(H,25,27). The number of hydrogen-bond acceptors (Lipinski definition) is 5. The van der Waals surface area contributed by atoms with Gasteiger partial charge in [0.1, 0.15) is 11.8 Å². The van der Waals surface area contributed by atoms with Crippen LogP contribution in [0.4, 0.5) is 0 Å². The maximum atomic E-state index is 12.9. The zero-order valence-electron chi connectivity index (χ0n) is 19.3. The number of amides is 2. The first-order valence-corrected chi connectivity index (χ1v) is 12.4. The van der Waals surface area contributed by atoms with Gasteiger partial charge in [0.25, 0.3) is 5.91 Å². The van der Waals surface area contributed by atoms with Gasteiger partial charge in [-0.2, -0.15) is 0 Å². The first-order valence-electron chi connectivity index (χ1n) is 10.5. The summed E-state index contributed by atoms with van der Waals surface area (Å²) in [4.78, 5) is 27.3. The molecule has 0 radical (unpaired) electrons. The zero-order valence-corrected chi connectivity index (χ0v) is 20.1. The smallest absolute Gasteiger partial charge is 0.251 e. The number of hydrogen-bond donors (Lipinski definition) is 1. The Morgan fingerprint density at radius 3 is 2.34 bits per heavy atom. The number of carbonyl (C=O) groups is 2. The molecule has 2 rings (SSSR count). The highest BCUT2D eigenvalue weighted by Gasteiger charge is 2.27. The van der Waals surface area contributed by atoms with Crippen molar-refractivity contribution in [1.82, 2.24) is 10.2 Å². The molecule has 0 saturated carbocycles. The van der Waals surface area contributed by atoms with Gasteiger partial charge < -0.3 is 15.0 Å². The number of nitrogens with one attached hydrogen (secondary N) is 1. The van der Waals surface area contributed by atoms with E-state index in [1.54, 1.807) is 36.2 Å². The van der Waals surface area contributed by atoms with Crippen molar-refractivity contribution in [3.8, 4) is 5.75 Å². The summed E-state index contributed by atoms with van der Waals surface area (Å²) in [5.74, 6) is -0.0549. The Labute approximate surface area is 190 Å². The Bertz CT molecular complexity index is 1030. The van der Waals surface area contributed by atoms with E-state index in [1.807, 2.05) is 32.9 Å². The van der Waals surface area contributed by atoms with Gasteiger partial charge >= 0.3 is 0 Å². The molecule has 0 aromatic heterocycles. The van der Waals surface area contributed by atoms with Crippen LogP contribution in [-0.2, 0) is 14.6 Å². The van der Waals surface area contributed by atoms with Crippen molar-refractivity contribution in [3.05, 3.63) is 59.7 Å². The molecule has 2 aromatic rings. The lowest BCUT2D eigenvalue weighted by molar-refractivity contribution is -0.133. The van der Waals surface area contributed by atoms with Crippen LogP contribution in [0.15, 0.2) is 53.4 Å². The van der Waals surface area contributed by atoms with Crippen molar-refractivity contribution in [2.75, 3.05) is 26.5 Å². The SMILES string of the molecule is Cc1ccc(C(=O)NC(C(=O)N(C)CCCOc2cccc(S(C)(=O)=O)c2)C(C)C)cc1. The molecule has 7 nitrogen and oxygen atoms in total. The third-order valence-electron chi connectivity index (χ3n) is 5.05. The summed E-state index contributed by atoms with van der Waals surface area (Å²) >= 11 is 0. The molecule has 174 valence electrons. The molecule has 0 aliphatic carbocycles. The van der Waals surface area contributed by atoms with Crippen LogP contribution >= 0.6 is 0 Å². The van der Waals surface area contributed by atoms with Crippen molar-refractivity contribution in [2.24, 2.45) is 5.92 Å². The summed E-state index contributed by atoms with van der Waals surface area (Å²) in [5.41, 5.74) is 1.57. The average molecular weight is 461 g/mol. The first-order chi connectivity index (χ1) is 15.0. The van der Waals surface area contributed by atoms with Gasteiger partial charge in [0.15, 0.2) is 9.84 Å². The number of carbonyl (C=O) groups excluding carboxylic acids is 2. The fraction of sp³-hybridized carbons (Fsp3) is 0.417. The number of likely N-dealkylation sites (N-methyl/N-ethyl adjacent to an activating group) is 1. The van der Waals surface area contributed by atoms with Crippen LogP contribution < -0.4 is 10.1 Å². The second-order valence-electron chi connectivity index (χ2n) is 8.27. The molecule has 0 spiro atoms. The van der Waals surface area contributed by atoms with E-state index in [1.165, 1.54) is 12.1 Å². The molecule has 1 N–H and O–H groups in total. The Hall–Kier alpha value is -2.87. The summed E-state index contributed by atoms with van der Waals surface area (Å²) < 4.78 is 28.9. The van der Waals surface area contributed by atoms with E-state index in [9.17, 15) is 18.0 Å². The second-order valence-corrected chi connectivity index (χ2v) is 10.3. The predicted octanol–water partition coefficient (Wildman–Crippen LogP) is 3.08. The summed E-state index contributed by atoms with van der Waals surface area (Å²) in [5, 5.41) is 2.85. The zero-order chi connectivity index (χ0) is 23.9. The van der Waals surface area contributed by atoms with Crippen LogP contribution in [0.1, 0.15) is 36.2 Å². The summed E-state index contributed by atoms with van der Waals surface area (Å²) in [7, 11) is -1.60. The molecule has 0 aliphatic rings. The van der Waals surface area contributed by atoms with E-state index in [4.69, 9.17) is 4.74 Å². The van der Waals surface area contributed by atoms with Crippen LogP contribution in [0.3, 0.4) is 0 Å². The summed E-state index contributed by atoms with van der Waals surface area (Å²) in [6.45, 7) is 6.50. The van der Waals surface area contributed by atoms with Gasteiger partial charge in [0, 0.05) is 25.4 Å². The number of nitrogens with zero attached hydrogens (tertiary/aromatic N) is 1. The van der Waals surface area contributed by atoms with Gasteiger partial charge in [-0.05, 0) is 49.6 Å². The van der Waals surface area contributed by atoms with Crippen LogP contribution in [0.25, 0.3) is 0 Å². The lowest BCUT2D eigenvalue weighted by Crippen LogP contribution is -2.50. The van der Waals surface area contributed by atoms with Crippen molar-refractivity contribution in [2.45, 2.75) is 38.1 Å². The Kier molecular flexibility index (Phi) is 8.83. The third kappa shape index (κ3) is 7.37. The molecule has 0 saturated heterocycles. The van der Waals surface area contributed by atoms with Crippen LogP contribution in [0.2, 0.25) is 0 Å². The predicted molar refractivity (Wildman–Crippen MR) is 125 cm³/mol. The lowest BCUT2D eigenvalue weighted by atomic mass is 10.0. The molecule has 8 heteroatoms. The van der Waals surface area contributed by atoms with Gasteiger partial charge in [0.05, 0.1) is 11.5 Å². The van der Waals surface area contributed by atoms with Crippen molar-refractivity contribution < 1.29 is 22.7 Å². The van der Waals surface area contributed by atoms with Gasteiger partial charge in [-0.3, -0.25) is 9.59 Å². The van der Waals surface area contributed by atoms with Crippen LogP contribution in [-0.4, -0.2) is 57.6 Å². The van der Waals surface area contributed by atoms with Gasteiger partial charge in [0.2, 0.25) is 5.91 Å². The van der Waals surface area contributed by atoms with Gasteiger partial charge in [-0.25, -0.2) is 8.42 Å². The molecule has 0 aliphatic heterocycles. The van der Waals surface area contributed by atoms with E-state index in [0.717, 1.165) is 11.8 Å². The number of ether oxygens (including phenoxy) is 1. The molecule has 32 heavy (non-hydrogen) atoms. The number of benzene rings is 2. The van der Waals surface area contributed by atoms with Crippen LogP contribution in [0.5, 0.6) is 5.75 Å². The Morgan fingerprint density at radius 1 is 1.09 bits per heavy atom. The van der Waals surface area contributed by atoms with Crippen LogP contribution in [0, 0.1) is 12.8 Å². The second kappa shape index (κ2) is 11.1. The molecular formula is C24H32N2O5S. The summed E-state index contributed by atoms with van der Waals surface area (Å²) in [6.07, 6.45) is 1.71. The fourth-order valence-electron chi connectivity index (χ4n) is 3.08.